The molecular formula is C17H28N8O2. The zero-order chi connectivity index (χ0) is 18.6. The van der Waals surface area contributed by atoms with E-state index in [4.69, 9.17) is 4.74 Å². The van der Waals surface area contributed by atoms with Gasteiger partial charge in [-0.3, -0.25) is 9.80 Å². The molecule has 0 amide bonds. The number of tetrazole rings is 1. The van der Waals surface area contributed by atoms with Gasteiger partial charge in [0.25, 0.3) is 0 Å². The van der Waals surface area contributed by atoms with Crippen molar-refractivity contribution in [1.29, 1.82) is 0 Å². The van der Waals surface area contributed by atoms with Crippen molar-refractivity contribution in [2.45, 2.75) is 38.0 Å². The number of aliphatic hydroxyl groups is 1. The number of nitrogens with zero attached hydrogens (tertiary/aromatic N) is 8. The molecule has 2 aromatic heterocycles. The first-order valence-electron chi connectivity index (χ1n) is 9.65. The van der Waals surface area contributed by atoms with Crippen LogP contribution in [0.2, 0.25) is 0 Å². The number of hydrogen-bond acceptors (Lipinski definition) is 8. The number of hydrogen-bond donors (Lipinski definition) is 1. The van der Waals surface area contributed by atoms with E-state index in [9.17, 15) is 5.11 Å². The summed E-state index contributed by atoms with van der Waals surface area (Å²) in [5.41, 5.74) is 0. The van der Waals surface area contributed by atoms with E-state index in [0.29, 0.717) is 6.54 Å². The molecular weight excluding hydrogens is 348 g/mol. The smallest absolute Gasteiger partial charge is 0.168 e. The van der Waals surface area contributed by atoms with E-state index in [1.54, 1.807) is 6.20 Å². The number of aliphatic hydroxyl groups excluding tert-OH is 1. The van der Waals surface area contributed by atoms with Crippen LogP contribution in [0.15, 0.2) is 12.4 Å². The van der Waals surface area contributed by atoms with Crippen molar-refractivity contribution in [3.8, 4) is 0 Å². The van der Waals surface area contributed by atoms with Gasteiger partial charge in [0.1, 0.15) is 5.82 Å². The Balaban J connectivity index is 1.47. The second-order valence-electron chi connectivity index (χ2n) is 7.27. The maximum Gasteiger partial charge on any atom is 0.168 e. The highest BCUT2D eigenvalue weighted by Gasteiger charge is 2.37. The Labute approximate surface area is 158 Å². The summed E-state index contributed by atoms with van der Waals surface area (Å²) in [4.78, 5) is 9.12. The first-order valence-corrected chi connectivity index (χ1v) is 9.65. The van der Waals surface area contributed by atoms with Crippen LogP contribution >= 0.6 is 0 Å². The predicted molar refractivity (Wildman–Crippen MR) is 96.7 cm³/mol. The Hall–Kier alpha value is -1.88. The number of aryl methyl sites for hydroxylation is 1. The Morgan fingerprint density at radius 3 is 2.81 bits per heavy atom. The third-order valence-electron chi connectivity index (χ3n) is 5.69. The van der Waals surface area contributed by atoms with Gasteiger partial charge >= 0.3 is 0 Å². The molecule has 0 unspecified atom stereocenters. The first-order chi connectivity index (χ1) is 13.3. The monoisotopic (exact) mass is 376 g/mol. The molecule has 0 radical (unpaired) electrons. The average molecular weight is 376 g/mol. The van der Waals surface area contributed by atoms with Gasteiger partial charge in [0, 0.05) is 45.1 Å². The van der Waals surface area contributed by atoms with Crippen molar-refractivity contribution in [2.24, 2.45) is 7.05 Å². The number of likely N-dealkylation sites (tertiary alicyclic amines) is 1. The third kappa shape index (κ3) is 4.03. The van der Waals surface area contributed by atoms with Gasteiger partial charge < -0.3 is 14.4 Å². The van der Waals surface area contributed by atoms with Crippen LogP contribution in [0.25, 0.3) is 0 Å². The van der Waals surface area contributed by atoms with E-state index in [0.717, 1.165) is 63.9 Å². The molecule has 4 rings (SSSR count). The van der Waals surface area contributed by atoms with Crippen LogP contribution < -0.4 is 0 Å². The van der Waals surface area contributed by atoms with Crippen molar-refractivity contribution in [3.05, 3.63) is 24.0 Å². The molecule has 2 aromatic rings. The number of rotatable bonds is 7. The van der Waals surface area contributed by atoms with E-state index >= 15 is 0 Å². The van der Waals surface area contributed by atoms with Crippen LogP contribution in [0.3, 0.4) is 0 Å². The summed E-state index contributed by atoms with van der Waals surface area (Å²) in [7, 11) is 1.99. The van der Waals surface area contributed by atoms with Gasteiger partial charge in [0.2, 0.25) is 0 Å². The fourth-order valence-electron chi connectivity index (χ4n) is 4.03. The maximum absolute atomic E-state index is 9.85. The molecule has 0 aliphatic carbocycles. The Morgan fingerprint density at radius 2 is 2.07 bits per heavy atom. The van der Waals surface area contributed by atoms with Gasteiger partial charge in [-0.1, -0.05) is 0 Å². The fraction of sp³-hybridized carbons (Fsp3) is 0.765. The quantitative estimate of drug-likeness (QED) is 0.687. The van der Waals surface area contributed by atoms with Crippen molar-refractivity contribution in [1.82, 2.24) is 39.6 Å². The molecule has 1 N–H and O–H groups in total. The third-order valence-corrected chi connectivity index (χ3v) is 5.69. The van der Waals surface area contributed by atoms with Gasteiger partial charge in [-0.25, -0.2) is 9.67 Å². The number of morpholine rings is 1. The van der Waals surface area contributed by atoms with Crippen LogP contribution in [0.4, 0.5) is 0 Å². The Kier molecular flexibility index (Phi) is 5.77. The average Bonchev–Trinajstić information content (AvgIpc) is 3.41. The first kappa shape index (κ1) is 18.5. The highest BCUT2D eigenvalue weighted by molar-refractivity contribution is 5.03. The van der Waals surface area contributed by atoms with E-state index in [1.807, 2.05) is 22.5 Å². The van der Waals surface area contributed by atoms with Crippen LogP contribution in [0.5, 0.6) is 0 Å². The minimum atomic E-state index is 0.0959. The molecule has 2 aliphatic rings. The molecule has 27 heavy (non-hydrogen) atoms. The predicted octanol–water partition coefficient (Wildman–Crippen LogP) is -0.563. The van der Waals surface area contributed by atoms with E-state index < -0.39 is 0 Å². The molecule has 2 saturated heterocycles. The number of aromatic nitrogens is 6. The SMILES string of the molecule is Cn1ccnc1CN1[C@H](CO)CC[C@H]1c1nnnn1CCN1CCOCC1. The summed E-state index contributed by atoms with van der Waals surface area (Å²) in [6, 6.07) is 0.203. The minimum absolute atomic E-state index is 0.0959. The molecule has 10 heteroatoms. The lowest BCUT2D eigenvalue weighted by molar-refractivity contribution is 0.0355. The molecule has 0 aromatic carbocycles. The molecule has 0 bridgehead atoms. The second-order valence-corrected chi connectivity index (χ2v) is 7.27. The second kappa shape index (κ2) is 8.42. The topological polar surface area (TPSA) is 97.4 Å². The lowest BCUT2D eigenvalue weighted by atomic mass is 10.2. The molecule has 10 nitrogen and oxygen atoms in total. The summed E-state index contributed by atoms with van der Waals surface area (Å²) in [6.07, 6.45) is 5.62. The molecule has 0 saturated carbocycles. The highest BCUT2D eigenvalue weighted by atomic mass is 16.5. The van der Waals surface area contributed by atoms with Gasteiger partial charge in [-0.2, -0.15) is 0 Å². The summed E-state index contributed by atoms with van der Waals surface area (Å²) in [5.74, 6) is 1.86. The Bertz CT molecular complexity index is 726. The van der Waals surface area contributed by atoms with E-state index in [1.165, 1.54) is 0 Å². The molecule has 2 fully saturated rings. The molecule has 0 spiro atoms. The molecule has 148 valence electrons. The van der Waals surface area contributed by atoms with Crippen LogP contribution in [-0.4, -0.2) is 90.2 Å². The van der Waals surface area contributed by atoms with Gasteiger partial charge in [-0.15, -0.1) is 5.10 Å². The van der Waals surface area contributed by atoms with Gasteiger partial charge in [-0.05, 0) is 23.3 Å². The number of imidazole rings is 1. The molecule has 4 heterocycles. The highest BCUT2D eigenvalue weighted by Crippen LogP contribution is 2.35. The van der Waals surface area contributed by atoms with Crippen LogP contribution in [0.1, 0.15) is 30.5 Å². The lowest BCUT2D eigenvalue weighted by Gasteiger charge is -2.29. The normalized spacial score (nSPS) is 24.7. The Morgan fingerprint density at radius 1 is 1.22 bits per heavy atom. The van der Waals surface area contributed by atoms with Crippen molar-refractivity contribution in [3.63, 3.8) is 0 Å². The summed E-state index contributed by atoms with van der Waals surface area (Å²) in [6.45, 7) is 5.99. The largest absolute Gasteiger partial charge is 0.395 e. The maximum atomic E-state index is 9.85. The van der Waals surface area contributed by atoms with E-state index in [2.05, 4.69) is 30.3 Å². The lowest BCUT2D eigenvalue weighted by Crippen LogP contribution is -2.39. The van der Waals surface area contributed by atoms with Crippen LogP contribution in [0, 0.1) is 0 Å². The van der Waals surface area contributed by atoms with Crippen molar-refractivity contribution < 1.29 is 9.84 Å². The van der Waals surface area contributed by atoms with E-state index in [-0.39, 0.29) is 18.7 Å². The number of ether oxygens (including phenoxy) is 1. The molecule has 2 aliphatic heterocycles. The van der Waals surface area contributed by atoms with Crippen LogP contribution in [-0.2, 0) is 24.9 Å². The summed E-state index contributed by atoms with van der Waals surface area (Å²) < 4.78 is 9.35. The van der Waals surface area contributed by atoms with Crippen molar-refractivity contribution in [2.75, 3.05) is 39.5 Å². The molecule has 2 atom stereocenters. The van der Waals surface area contributed by atoms with Crippen molar-refractivity contribution >= 4 is 0 Å². The standard InChI is InChI=1S/C17H28N8O2/c1-22-5-4-18-16(22)12-24-14(13-26)2-3-15(24)17-19-20-21-25(17)7-6-23-8-10-27-11-9-23/h4-5,14-15,26H,2-3,6-13H2,1H3/t14-,15-/m0/s1. The van der Waals surface area contributed by atoms with Gasteiger partial charge in [0.05, 0.1) is 39.0 Å². The fourth-order valence-corrected chi connectivity index (χ4v) is 4.03. The summed E-state index contributed by atoms with van der Waals surface area (Å²) in [5, 5.41) is 22.4. The minimum Gasteiger partial charge on any atom is -0.395 e. The zero-order valence-electron chi connectivity index (χ0n) is 15.8. The van der Waals surface area contributed by atoms with Gasteiger partial charge in [0.15, 0.2) is 5.82 Å². The zero-order valence-corrected chi connectivity index (χ0v) is 15.8. The summed E-state index contributed by atoms with van der Waals surface area (Å²) >= 11 is 0.